The van der Waals surface area contributed by atoms with Gasteiger partial charge in [-0.15, -0.1) is 22.7 Å². The smallest absolute Gasteiger partial charge is 0.269 e. The predicted octanol–water partition coefficient (Wildman–Crippen LogP) is 5.02. The third kappa shape index (κ3) is 4.53. The van der Waals surface area contributed by atoms with Gasteiger partial charge in [-0.3, -0.25) is 14.9 Å². The highest BCUT2D eigenvalue weighted by atomic mass is 32.1. The summed E-state index contributed by atoms with van der Waals surface area (Å²) >= 11 is 2.80. The van der Waals surface area contributed by atoms with E-state index < -0.39 is 4.92 Å². The lowest BCUT2D eigenvalue weighted by atomic mass is 10.1. The van der Waals surface area contributed by atoms with Crippen LogP contribution in [0, 0.1) is 10.1 Å². The van der Waals surface area contributed by atoms with Gasteiger partial charge in [0.15, 0.2) is 5.13 Å². The minimum Gasteiger partial charge on any atom is -0.302 e. The van der Waals surface area contributed by atoms with Crippen molar-refractivity contribution in [1.29, 1.82) is 0 Å². The van der Waals surface area contributed by atoms with Crippen LogP contribution in [0.1, 0.15) is 5.69 Å². The number of carbonyl (C=O) groups is 1. The normalized spacial score (nSPS) is 10.6. The summed E-state index contributed by atoms with van der Waals surface area (Å²) in [5.41, 5.74) is 3.16. The maximum Gasteiger partial charge on any atom is 0.269 e. The number of carbonyl (C=O) groups excluding carboxylic acids is 1. The van der Waals surface area contributed by atoms with Crippen molar-refractivity contribution in [3.8, 4) is 21.8 Å². The summed E-state index contributed by atoms with van der Waals surface area (Å²) in [7, 11) is 0. The number of hydrogen-bond acceptors (Lipinski definition) is 7. The van der Waals surface area contributed by atoms with Gasteiger partial charge in [0.1, 0.15) is 5.01 Å². The lowest BCUT2D eigenvalue weighted by molar-refractivity contribution is -0.384. The van der Waals surface area contributed by atoms with Crippen molar-refractivity contribution in [2.75, 3.05) is 5.32 Å². The van der Waals surface area contributed by atoms with Gasteiger partial charge >= 0.3 is 0 Å². The Bertz CT molecular complexity index is 1150. The quantitative estimate of drug-likeness (QED) is 0.347. The molecule has 0 atom stereocenters. The Morgan fingerprint density at radius 1 is 0.966 bits per heavy atom. The van der Waals surface area contributed by atoms with E-state index in [1.807, 2.05) is 35.7 Å². The minimum atomic E-state index is -0.446. The molecule has 9 heteroatoms. The minimum absolute atomic E-state index is 0.0237. The van der Waals surface area contributed by atoms with E-state index in [0.717, 1.165) is 16.1 Å². The monoisotopic (exact) mass is 422 g/mol. The van der Waals surface area contributed by atoms with Crippen molar-refractivity contribution in [3.05, 3.63) is 81.2 Å². The number of nitro groups is 1. The second-order valence-electron chi connectivity index (χ2n) is 6.08. The number of nitrogens with one attached hydrogen (secondary N) is 1. The molecule has 0 spiro atoms. The van der Waals surface area contributed by atoms with Crippen LogP contribution >= 0.6 is 22.7 Å². The van der Waals surface area contributed by atoms with E-state index in [-0.39, 0.29) is 18.0 Å². The van der Waals surface area contributed by atoms with E-state index in [0.29, 0.717) is 16.5 Å². The van der Waals surface area contributed by atoms with Crippen molar-refractivity contribution in [1.82, 2.24) is 9.97 Å². The molecule has 0 radical (unpaired) electrons. The molecule has 1 N–H and O–H groups in total. The van der Waals surface area contributed by atoms with Gasteiger partial charge < -0.3 is 5.32 Å². The molecule has 2 heterocycles. The third-order valence-corrected chi connectivity index (χ3v) is 5.74. The SMILES string of the molecule is O=C(Cc1csc(-c2ccccc2)n1)Nc1nc(-c2ccc([N+](=O)[O-])cc2)cs1. The average Bonchev–Trinajstić information content (AvgIpc) is 3.38. The van der Waals surface area contributed by atoms with Gasteiger partial charge in [0.05, 0.1) is 22.7 Å². The second kappa shape index (κ2) is 8.29. The topological polar surface area (TPSA) is 98.0 Å². The summed E-state index contributed by atoms with van der Waals surface area (Å²) in [6, 6.07) is 16.0. The molecule has 29 heavy (non-hydrogen) atoms. The van der Waals surface area contributed by atoms with Gasteiger partial charge in [0, 0.05) is 34.0 Å². The number of anilines is 1. The van der Waals surface area contributed by atoms with Gasteiger partial charge in [0.2, 0.25) is 5.91 Å². The fraction of sp³-hybridized carbons (Fsp3) is 0.0500. The van der Waals surface area contributed by atoms with Crippen LogP contribution in [0.25, 0.3) is 21.8 Å². The second-order valence-corrected chi connectivity index (χ2v) is 7.79. The van der Waals surface area contributed by atoms with Crippen molar-refractivity contribution in [2.24, 2.45) is 0 Å². The van der Waals surface area contributed by atoms with Crippen LogP contribution in [0.4, 0.5) is 10.8 Å². The van der Waals surface area contributed by atoms with Crippen LogP contribution in [-0.4, -0.2) is 20.8 Å². The molecule has 0 aliphatic carbocycles. The molecule has 1 amide bonds. The highest BCUT2D eigenvalue weighted by Gasteiger charge is 2.12. The Labute approximate surface area is 173 Å². The standard InChI is InChI=1S/C20H14N4O3S2/c25-18(10-15-11-28-19(21-15)14-4-2-1-3-5-14)23-20-22-17(12-29-20)13-6-8-16(9-7-13)24(26)27/h1-9,11-12H,10H2,(H,22,23,25). The van der Waals surface area contributed by atoms with Crippen molar-refractivity contribution >= 4 is 39.4 Å². The zero-order valence-electron chi connectivity index (χ0n) is 14.9. The van der Waals surface area contributed by atoms with E-state index in [1.165, 1.54) is 34.8 Å². The predicted molar refractivity (Wildman–Crippen MR) is 114 cm³/mol. The molecule has 4 aromatic rings. The number of amides is 1. The number of aromatic nitrogens is 2. The lowest BCUT2D eigenvalue weighted by Gasteiger charge is -2.00. The number of benzene rings is 2. The fourth-order valence-electron chi connectivity index (χ4n) is 2.65. The maximum absolute atomic E-state index is 12.3. The summed E-state index contributed by atoms with van der Waals surface area (Å²) in [4.78, 5) is 31.5. The molecule has 0 saturated heterocycles. The van der Waals surface area contributed by atoms with E-state index in [2.05, 4.69) is 15.3 Å². The Hall–Kier alpha value is -3.43. The van der Waals surface area contributed by atoms with Gasteiger partial charge in [-0.2, -0.15) is 0 Å². The van der Waals surface area contributed by atoms with E-state index in [1.54, 1.807) is 17.5 Å². The number of non-ortho nitro benzene ring substituents is 1. The summed E-state index contributed by atoms with van der Waals surface area (Å²) < 4.78 is 0. The first kappa shape index (κ1) is 18.9. The summed E-state index contributed by atoms with van der Waals surface area (Å²) in [6.07, 6.45) is 0.162. The first-order chi connectivity index (χ1) is 14.1. The molecule has 0 aliphatic rings. The number of rotatable bonds is 6. The number of nitro benzene ring substituents is 1. The van der Waals surface area contributed by atoms with Crippen LogP contribution in [0.15, 0.2) is 65.4 Å². The Morgan fingerprint density at radius 3 is 2.45 bits per heavy atom. The molecule has 2 aromatic carbocycles. The Balaban J connectivity index is 1.39. The van der Waals surface area contributed by atoms with Crippen molar-refractivity contribution in [2.45, 2.75) is 6.42 Å². The van der Waals surface area contributed by atoms with E-state index >= 15 is 0 Å². The average molecular weight is 422 g/mol. The third-order valence-electron chi connectivity index (χ3n) is 4.04. The van der Waals surface area contributed by atoms with E-state index in [4.69, 9.17) is 0 Å². The van der Waals surface area contributed by atoms with Crippen LogP contribution in [0.3, 0.4) is 0 Å². The van der Waals surface area contributed by atoms with Gasteiger partial charge in [0.25, 0.3) is 5.69 Å². The number of thiazole rings is 2. The van der Waals surface area contributed by atoms with Crippen molar-refractivity contribution in [3.63, 3.8) is 0 Å². The summed E-state index contributed by atoms with van der Waals surface area (Å²) in [5.74, 6) is -0.195. The number of hydrogen-bond donors (Lipinski definition) is 1. The molecule has 144 valence electrons. The first-order valence-corrected chi connectivity index (χ1v) is 10.3. The largest absolute Gasteiger partial charge is 0.302 e. The van der Waals surface area contributed by atoms with Gasteiger partial charge in [-0.25, -0.2) is 9.97 Å². The molecule has 7 nitrogen and oxygen atoms in total. The van der Waals surface area contributed by atoms with Crippen LogP contribution in [-0.2, 0) is 11.2 Å². The van der Waals surface area contributed by atoms with Crippen LogP contribution < -0.4 is 5.32 Å². The van der Waals surface area contributed by atoms with Crippen LogP contribution in [0.2, 0.25) is 0 Å². The highest BCUT2D eigenvalue weighted by Crippen LogP contribution is 2.27. The fourth-order valence-corrected chi connectivity index (χ4v) is 4.21. The molecule has 2 aromatic heterocycles. The van der Waals surface area contributed by atoms with Gasteiger partial charge in [-0.05, 0) is 12.1 Å². The maximum atomic E-state index is 12.3. The summed E-state index contributed by atoms with van der Waals surface area (Å²) in [6.45, 7) is 0. The zero-order chi connectivity index (χ0) is 20.2. The van der Waals surface area contributed by atoms with Gasteiger partial charge in [-0.1, -0.05) is 30.3 Å². The number of nitrogens with zero attached hydrogens (tertiary/aromatic N) is 3. The molecule has 0 fully saturated rings. The molecule has 0 unspecified atom stereocenters. The molecule has 4 rings (SSSR count). The van der Waals surface area contributed by atoms with Crippen molar-refractivity contribution < 1.29 is 9.72 Å². The molecule has 0 aliphatic heterocycles. The Morgan fingerprint density at radius 2 is 1.72 bits per heavy atom. The Kier molecular flexibility index (Phi) is 5.41. The zero-order valence-corrected chi connectivity index (χ0v) is 16.6. The highest BCUT2D eigenvalue weighted by molar-refractivity contribution is 7.14. The van der Waals surface area contributed by atoms with Crippen LogP contribution in [0.5, 0.6) is 0 Å². The van der Waals surface area contributed by atoms with E-state index in [9.17, 15) is 14.9 Å². The first-order valence-electron chi connectivity index (χ1n) is 8.58. The molecular weight excluding hydrogens is 408 g/mol. The lowest BCUT2D eigenvalue weighted by Crippen LogP contribution is -2.14. The summed E-state index contributed by atoms with van der Waals surface area (Å²) in [5, 5.41) is 18.6. The molecule has 0 bridgehead atoms. The molecular formula is C20H14N4O3S2. The molecule has 0 saturated carbocycles.